The highest BCUT2D eigenvalue weighted by Crippen LogP contribution is 2.17. The summed E-state index contributed by atoms with van der Waals surface area (Å²) in [6.07, 6.45) is 1.10. The van der Waals surface area contributed by atoms with Crippen LogP contribution in [0.1, 0.15) is 27.2 Å². The van der Waals surface area contributed by atoms with Crippen molar-refractivity contribution in [1.29, 1.82) is 0 Å². The predicted octanol–water partition coefficient (Wildman–Crippen LogP) is 1.11. The molecule has 0 radical (unpaired) electrons. The van der Waals surface area contributed by atoms with Gasteiger partial charge >= 0.3 is 0 Å². The number of hydrogen-bond acceptors (Lipinski definition) is 4. The molecule has 0 unspecified atom stereocenters. The summed E-state index contributed by atoms with van der Waals surface area (Å²) >= 11 is 0. The van der Waals surface area contributed by atoms with Crippen LogP contribution in [-0.4, -0.2) is 63.0 Å². The van der Waals surface area contributed by atoms with Crippen LogP contribution in [0.4, 0.5) is 0 Å². The summed E-state index contributed by atoms with van der Waals surface area (Å²) in [4.78, 5) is 2.51. The second-order valence-corrected chi connectivity index (χ2v) is 5.15. The molecule has 1 heterocycles. The second-order valence-electron chi connectivity index (χ2n) is 5.15. The van der Waals surface area contributed by atoms with E-state index in [1.165, 1.54) is 0 Å². The van der Waals surface area contributed by atoms with Gasteiger partial charge in [0.05, 0.1) is 13.2 Å². The first-order valence-electron chi connectivity index (χ1n) is 6.78. The number of morpholine rings is 1. The lowest BCUT2D eigenvalue weighted by atomic mass is 10.0. The molecule has 0 aromatic heterocycles. The van der Waals surface area contributed by atoms with Crippen LogP contribution in [0.5, 0.6) is 0 Å². The number of rotatable bonds is 8. The lowest BCUT2D eigenvalue weighted by Gasteiger charge is -2.42. The lowest BCUT2D eigenvalue weighted by Crippen LogP contribution is -2.54. The van der Waals surface area contributed by atoms with Crippen molar-refractivity contribution in [2.45, 2.75) is 32.7 Å². The van der Waals surface area contributed by atoms with Crippen LogP contribution < -0.4 is 5.32 Å². The highest BCUT2D eigenvalue weighted by Gasteiger charge is 2.29. The summed E-state index contributed by atoms with van der Waals surface area (Å²) < 4.78 is 10.8. The van der Waals surface area contributed by atoms with Gasteiger partial charge in [-0.3, -0.25) is 4.90 Å². The van der Waals surface area contributed by atoms with Crippen molar-refractivity contribution in [3.63, 3.8) is 0 Å². The zero-order valence-electron chi connectivity index (χ0n) is 11.6. The summed E-state index contributed by atoms with van der Waals surface area (Å²) in [5, 5.41) is 3.47. The van der Waals surface area contributed by atoms with E-state index in [0.29, 0.717) is 0 Å². The van der Waals surface area contributed by atoms with E-state index in [1.54, 1.807) is 0 Å². The van der Waals surface area contributed by atoms with Crippen LogP contribution in [0.15, 0.2) is 0 Å². The predicted molar refractivity (Wildman–Crippen MR) is 70.5 cm³/mol. The van der Waals surface area contributed by atoms with Gasteiger partial charge in [0.25, 0.3) is 0 Å². The quantitative estimate of drug-likeness (QED) is 0.649. The van der Waals surface area contributed by atoms with Gasteiger partial charge in [-0.05, 0) is 33.7 Å². The van der Waals surface area contributed by atoms with Crippen molar-refractivity contribution in [1.82, 2.24) is 10.2 Å². The molecule has 1 aliphatic rings. The van der Waals surface area contributed by atoms with E-state index in [9.17, 15) is 0 Å². The first-order valence-corrected chi connectivity index (χ1v) is 6.78. The summed E-state index contributed by atoms with van der Waals surface area (Å²) in [6, 6.07) is 0. The normalized spacial score (nSPS) is 20.6. The minimum atomic E-state index is 0.186. The molecular weight excluding hydrogens is 216 g/mol. The Bertz CT molecular complexity index is 198. The first kappa shape index (κ1) is 14.9. The summed E-state index contributed by atoms with van der Waals surface area (Å²) in [7, 11) is 0. The van der Waals surface area contributed by atoms with Gasteiger partial charge in [-0.2, -0.15) is 0 Å². The number of nitrogens with one attached hydrogen (secondary N) is 1. The zero-order chi connectivity index (χ0) is 12.6. The van der Waals surface area contributed by atoms with Gasteiger partial charge in [0.1, 0.15) is 0 Å². The van der Waals surface area contributed by atoms with Gasteiger partial charge in [-0.1, -0.05) is 0 Å². The third kappa shape index (κ3) is 5.82. The van der Waals surface area contributed by atoms with E-state index >= 15 is 0 Å². The molecule has 0 bridgehead atoms. The average molecular weight is 244 g/mol. The molecule has 1 N–H and O–H groups in total. The topological polar surface area (TPSA) is 33.7 Å². The Morgan fingerprint density at radius 1 is 1.35 bits per heavy atom. The van der Waals surface area contributed by atoms with Crippen molar-refractivity contribution in [3.8, 4) is 0 Å². The minimum absolute atomic E-state index is 0.186. The Labute approximate surface area is 106 Å². The fourth-order valence-corrected chi connectivity index (χ4v) is 2.09. The number of nitrogens with zero attached hydrogens (tertiary/aromatic N) is 1. The molecular formula is C13H28N2O2. The van der Waals surface area contributed by atoms with E-state index in [2.05, 4.69) is 24.1 Å². The Kier molecular flexibility index (Phi) is 7.04. The molecule has 0 saturated carbocycles. The lowest BCUT2D eigenvalue weighted by molar-refractivity contribution is -0.0500. The maximum Gasteiger partial charge on any atom is 0.0645 e. The monoisotopic (exact) mass is 244 g/mol. The Morgan fingerprint density at radius 2 is 2.18 bits per heavy atom. The fraction of sp³-hybridized carbons (Fsp3) is 1.00. The van der Waals surface area contributed by atoms with Crippen LogP contribution >= 0.6 is 0 Å². The molecule has 0 atom stereocenters. The van der Waals surface area contributed by atoms with Crippen LogP contribution in [0, 0.1) is 0 Å². The standard InChI is InChI=1S/C13H28N2O2/c1-4-16-10-5-6-14-7-8-15-9-11-17-12-13(15,2)3/h14H,4-12H2,1-3H3. The Hall–Kier alpha value is -0.160. The maximum absolute atomic E-state index is 5.51. The SMILES string of the molecule is CCOCCCNCCN1CCOCC1(C)C. The molecule has 1 saturated heterocycles. The highest BCUT2D eigenvalue weighted by atomic mass is 16.5. The van der Waals surface area contributed by atoms with Crippen molar-refractivity contribution >= 4 is 0 Å². The van der Waals surface area contributed by atoms with Gasteiger partial charge < -0.3 is 14.8 Å². The molecule has 1 fully saturated rings. The van der Waals surface area contributed by atoms with Crippen molar-refractivity contribution in [2.75, 3.05) is 52.6 Å². The first-order chi connectivity index (χ1) is 8.17. The van der Waals surface area contributed by atoms with E-state index < -0.39 is 0 Å². The Balaban J connectivity index is 2.01. The average Bonchev–Trinajstić information content (AvgIpc) is 2.29. The van der Waals surface area contributed by atoms with Crippen LogP contribution in [0.25, 0.3) is 0 Å². The van der Waals surface area contributed by atoms with Gasteiger partial charge in [0.2, 0.25) is 0 Å². The molecule has 4 heteroatoms. The minimum Gasteiger partial charge on any atom is -0.382 e. The van der Waals surface area contributed by atoms with Gasteiger partial charge in [-0.15, -0.1) is 0 Å². The van der Waals surface area contributed by atoms with E-state index in [1.807, 2.05) is 6.92 Å². The van der Waals surface area contributed by atoms with Crippen molar-refractivity contribution in [3.05, 3.63) is 0 Å². The molecule has 0 aromatic carbocycles. The number of hydrogen-bond donors (Lipinski definition) is 1. The maximum atomic E-state index is 5.51. The van der Waals surface area contributed by atoms with E-state index in [-0.39, 0.29) is 5.54 Å². The smallest absolute Gasteiger partial charge is 0.0645 e. The Morgan fingerprint density at radius 3 is 2.88 bits per heavy atom. The summed E-state index contributed by atoms with van der Waals surface area (Å²) in [5.41, 5.74) is 0.186. The van der Waals surface area contributed by atoms with Crippen LogP contribution in [-0.2, 0) is 9.47 Å². The highest BCUT2D eigenvalue weighted by molar-refractivity contribution is 4.84. The molecule has 0 spiro atoms. The summed E-state index contributed by atoms with van der Waals surface area (Å²) in [6.45, 7) is 14.2. The van der Waals surface area contributed by atoms with Gasteiger partial charge in [-0.25, -0.2) is 0 Å². The second kappa shape index (κ2) is 8.03. The fourth-order valence-electron chi connectivity index (χ4n) is 2.09. The van der Waals surface area contributed by atoms with Crippen LogP contribution in [0.2, 0.25) is 0 Å². The summed E-state index contributed by atoms with van der Waals surface area (Å²) in [5.74, 6) is 0. The molecule has 17 heavy (non-hydrogen) atoms. The van der Waals surface area contributed by atoms with E-state index in [0.717, 1.165) is 59.0 Å². The number of ether oxygens (including phenoxy) is 2. The zero-order valence-corrected chi connectivity index (χ0v) is 11.6. The largest absolute Gasteiger partial charge is 0.382 e. The molecule has 4 nitrogen and oxygen atoms in total. The molecule has 1 aliphatic heterocycles. The van der Waals surface area contributed by atoms with Crippen molar-refractivity contribution in [2.24, 2.45) is 0 Å². The molecule has 0 aliphatic carbocycles. The third-order valence-electron chi connectivity index (χ3n) is 3.22. The molecule has 0 amide bonds. The van der Waals surface area contributed by atoms with Crippen LogP contribution in [0.3, 0.4) is 0 Å². The van der Waals surface area contributed by atoms with Gasteiger partial charge in [0.15, 0.2) is 0 Å². The van der Waals surface area contributed by atoms with E-state index in [4.69, 9.17) is 9.47 Å². The molecule has 1 rings (SSSR count). The van der Waals surface area contributed by atoms with Crippen molar-refractivity contribution < 1.29 is 9.47 Å². The molecule has 102 valence electrons. The third-order valence-corrected chi connectivity index (χ3v) is 3.22. The molecule has 0 aromatic rings. The van der Waals surface area contributed by atoms with Gasteiger partial charge in [0, 0.05) is 38.4 Å².